The second-order valence-corrected chi connectivity index (χ2v) is 4.38. The number of fused-ring (bicyclic) bond motifs is 1. The van der Waals surface area contributed by atoms with Crippen molar-refractivity contribution in [1.82, 2.24) is 4.90 Å². The van der Waals surface area contributed by atoms with Gasteiger partial charge in [-0.2, -0.15) is 0 Å². The summed E-state index contributed by atoms with van der Waals surface area (Å²) >= 11 is 0. The van der Waals surface area contributed by atoms with Gasteiger partial charge in [-0.3, -0.25) is 4.79 Å². The number of nitrogens with zero attached hydrogens (tertiary/aromatic N) is 1. The summed E-state index contributed by atoms with van der Waals surface area (Å²) in [7, 11) is 0. The van der Waals surface area contributed by atoms with Crippen LogP contribution in [0.1, 0.15) is 42.6 Å². The van der Waals surface area contributed by atoms with Gasteiger partial charge < -0.3 is 4.90 Å². The lowest BCUT2D eigenvalue weighted by atomic mass is 9.96. The average molecular weight is 217 g/mol. The first kappa shape index (κ1) is 11.2. The molecule has 1 aliphatic heterocycles. The Morgan fingerprint density at radius 3 is 2.62 bits per heavy atom. The maximum atomic E-state index is 12.3. The smallest absolute Gasteiger partial charge is 0.254 e. The van der Waals surface area contributed by atoms with Crippen LogP contribution in [0, 0.1) is 0 Å². The molecule has 1 aliphatic rings. The second-order valence-electron chi connectivity index (χ2n) is 4.38. The van der Waals surface area contributed by atoms with Gasteiger partial charge in [0.05, 0.1) is 0 Å². The van der Waals surface area contributed by atoms with Gasteiger partial charge in [0.15, 0.2) is 0 Å². The summed E-state index contributed by atoms with van der Waals surface area (Å²) in [6.45, 7) is 5.19. The van der Waals surface area contributed by atoms with Crippen molar-refractivity contribution in [3.05, 3.63) is 35.4 Å². The Hall–Kier alpha value is -1.31. The van der Waals surface area contributed by atoms with Gasteiger partial charge in [0.1, 0.15) is 0 Å². The number of carbonyl (C=O) groups excluding carboxylic acids is 1. The number of hydrogen-bond acceptors (Lipinski definition) is 1. The van der Waals surface area contributed by atoms with Crippen LogP contribution in [-0.4, -0.2) is 23.4 Å². The SMILES string of the molecule is CCC(CC)N1CCc2ccccc2C1=O. The molecule has 2 nitrogen and oxygen atoms in total. The number of benzene rings is 1. The molecule has 86 valence electrons. The molecule has 0 aromatic heterocycles. The van der Waals surface area contributed by atoms with Crippen molar-refractivity contribution in [2.75, 3.05) is 6.54 Å². The molecule has 0 atom stereocenters. The minimum Gasteiger partial charge on any atom is -0.335 e. The van der Waals surface area contributed by atoms with Gasteiger partial charge in [0, 0.05) is 18.2 Å². The summed E-state index contributed by atoms with van der Waals surface area (Å²) in [5.41, 5.74) is 2.11. The highest BCUT2D eigenvalue weighted by Crippen LogP contribution is 2.22. The monoisotopic (exact) mass is 217 g/mol. The highest BCUT2D eigenvalue weighted by atomic mass is 16.2. The molecule has 0 spiro atoms. The lowest BCUT2D eigenvalue weighted by Crippen LogP contribution is -2.44. The Bertz CT molecular complexity index is 382. The van der Waals surface area contributed by atoms with E-state index >= 15 is 0 Å². The zero-order valence-electron chi connectivity index (χ0n) is 10.1. The van der Waals surface area contributed by atoms with Crippen LogP contribution in [0.4, 0.5) is 0 Å². The van der Waals surface area contributed by atoms with E-state index in [4.69, 9.17) is 0 Å². The third kappa shape index (κ3) is 1.84. The Morgan fingerprint density at radius 2 is 1.94 bits per heavy atom. The third-order valence-electron chi connectivity index (χ3n) is 3.51. The van der Waals surface area contributed by atoms with Crippen LogP contribution >= 0.6 is 0 Å². The van der Waals surface area contributed by atoms with Gasteiger partial charge in [0.2, 0.25) is 0 Å². The van der Waals surface area contributed by atoms with Gasteiger partial charge in [-0.15, -0.1) is 0 Å². The minimum atomic E-state index is 0.218. The Labute approximate surface area is 97.3 Å². The first-order chi connectivity index (χ1) is 7.77. The highest BCUT2D eigenvalue weighted by Gasteiger charge is 2.27. The van der Waals surface area contributed by atoms with E-state index in [2.05, 4.69) is 19.9 Å². The summed E-state index contributed by atoms with van der Waals surface area (Å²) < 4.78 is 0. The van der Waals surface area contributed by atoms with Crippen LogP contribution in [0.25, 0.3) is 0 Å². The van der Waals surface area contributed by atoms with Gasteiger partial charge in [-0.1, -0.05) is 32.0 Å². The van der Waals surface area contributed by atoms with E-state index in [9.17, 15) is 4.79 Å². The molecular formula is C14H19NO. The molecule has 0 bridgehead atoms. The number of rotatable bonds is 3. The van der Waals surface area contributed by atoms with Crippen molar-refractivity contribution in [3.8, 4) is 0 Å². The molecule has 0 saturated carbocycles. The van der Waals surface area contributed by atoms with Crippen molar-refractivity contribution >= 4 is 5.91 Å². The average Bonchev–Trinajstić information content (AvgIpc) is 2.34. The quantitative estimate of drug-likeness (QED) is 0.762. The van der Waals surface area contributed by atoms with E-state index in [-0.39, 0.29) is 5.91 Å². The fraction of sp³-hybridized carbons (Fsp3) is 0.500. The molecule has 2 heteroatoms. The van der Waals surface area contributed by atoms with Crippen LogP contribution in [0.2, 0.25) is 0 Å². The van der Waals surface area contributed by atoms with Crippen molar-refractivity contribution in [1.29, 1.82) is 0 Å². The first-order valence-corrected chi connectivity index (χ1v) is 6.16. The van der Waals surface area contributed by atoms with E-state index in [0.717, 1.165) is 31.4 Å². The Balaban J connectivity index is 2.27. The summed E-state index contributed by atoms with van der Waals surface area (Å²) in [5.74, 6) is 0.218. The topological polar surface area (TPSA) is 20.3 Å². The predicted molar refractivity (Wildman–Crippen MR) is 65.6 cm³/mol. The first-order valence-electron chi connectivity index (χ1n) is 6.16. The molecule has 0 fully saturated rings. The normalized spacial score (nSPS) is 15.4. The van der Waals surface area contributed by atoms with E-state index in [1.807, 2.05) is 23.1 Å². The van der Waals surface area contributed by atoms with Gasteiger partial charge in [-0.25, -0.2) is 0 Å². The molecule has 16 heavy (non-hydrogen) atoms. The minimum absolute atomic E-state index is 0.218. The van der Waals surface area contributed by atoms with Gasteiger partial charge in [0.25, 0.3) is 5.91 Å². The number of amides is 1. The van der Waals surface area contributed by atoms with Crippen LogP contribution in [0.3, 0.4) is 0 Å². The van der Waals surface area contributed by atoms with E-state index in [1.165, 1.54) is 5.56 Å². The second kappa shape index (κ2) is 4.69. The van der Waals surface area contributed by atoms with Crippen molar-refractivity contribution in [2.45, 2.75) is 39.2 Å². The van der Waals surface area contributed by atoms with Crippen LogP contribution in [0.5, 0.6) is 0 Å². The van der Waals surface area contributed by atoms with Gasteiger partial charge >= 0.3 is 0 Å². The molecule has 1 aromatic rings. The summed E-state index contributed by atoms with van der Waals surface area (Å²) in [5, 5.41) is 0. The van der Waals surface area contributed by atoms with Crippen LogP contribution in [-0.2, 0) is 6.42 Å². The van der Waals surface area contributed by atoms with Crippen LogP contribution < -0.4 is 0 Å². The molecular weight excluding hydrogens is 198 g/mol. The Kier molecular flexibility index (Phi) is 3.28. The third-order valence-corrected chi connectivity index (χ3v) is 3.51. The molecule has 0 saturated heterocycles. The largest absolute Gasteiger partial charge is 0.335 e. The van der Waals surface area contributed by atoms with Crippen molar-refractivity contribution in [3.63, 3.8) is 0 Å². The molecule has 0 N–H and O–H groups in total. The van der Waals surface area contributed by atoms with Crippen LogP contribution in [0.15, 0.2) is 24.3 Å². The summed E-state index contributed by atoms with van der Waals surface area (Å²) in [6.07, 6.45) is 3.09. The highest BCUT2D eigenvalue weighted by molar-refractivity contribution is 5.96. The lowest BCUT2D eigenvalue weighted by Gasteiger charge is -2.34. The maximum Gasteiger partial charge on any atom is 0.254 e. The fourth-order valence-corrected chi connectivity index (χ4v) is 2.52. The fourth-order valence-electron chi connectivity index (χ4n) is 2.52. The number of carbonyl (C=O) groups is 1. The molecule has 0 unspecified atom stereocenters. The number of hydrogen-bond donors (Lipinski definition) is 0. The molecule has 1 heterocycles. The van der Waals surface area contributed by atoms with E-state index in [1.54, 1.807) is 0 Å². The Morgan fingerprint density at radius 1 is 1.25 bits per heavy atom. The molecule has 1 amide bonds. The lowest BCUT2D eigenvalue weighted by molar-refractivity contribution is 0.0649. The van der Waals surface area contributed by atoms with E-state index in [0.29, 0.717) is 6.04 Å². The predicted octanol–water partition coefficient (Wildman–Crippen LogP) is 2.87. The van der Waals surface area contributed by atoms with Crippen molar-refractivity contribution in [2.24, 2.45) is 0 Å². The molecule has 1 aromatic carbocycles. The standard InChI is InChI=1S/C14H19NO/c1-3-12(4-2)15-10-9-11-7-5-6-8-13(11)14(15)16/h5-8,12H,3-4,9-10H2,1-2H3. The van der Waals surface area contributed by atoms with Crippen molar-refractivity contribution < 1.29 is 4.79 Å². The molecule has 2 rings (SSSR count). The summed E-state index contributed by atoms with van der Waals surface area (Å²) in [6, 6.07) is 8.39. The van der Waals surface area contributed by atoms with Gasteiger partial charge in [-0.05, 0) is 30.9 Å². The van der Waals surface area contributed by atoms with E-state index < -0.39 is 0 Å². The maximum absolute atomic E-state index is 12.3. The molecule has 0 radical (unpaired) electrons. The zero-order chi connectivity index (χ0) is 11.5. The molecule has 0 aliphatic carbocycles. The zero-order valence-corrected chi connectivity index (χ0v) is 10.1. The summed E-state index contributed by atoms with van der Waals surface area (Å²) in [4.78, 5) is 14.3.